The highest BCUT2D eigenvalue weighted by Crippen LogP contribution is 2.20. The molecule has 2 heterocycles. The lowest BCUT2D eigenvalue weighted by atomic mass is 10.0. The smallest absolute Gasteiger partial charge is 0.222 e. The topological polar surface area (TPSA) is 53.4 Å². The van der Waals surface area contributed by atoms with Crippen molar-refractivity contribution < 1.29 is 9.90 Å². The van der Waals surface area contributed by atoms with Gasteiger partial charge in [0.25, 0.3) is 0 Å². The van der Waals surface area contributed by atoms with Gasteiger partial charge in [0.1, 0.15) is 0 Å². The number of carbonyl (C=O) groups excluding carboxylic acids is 1. The van der Waals surface area contributed by atoms with Crippen LogP contribution < -0.4 is 0 Å². The monoisotopic (exact) mass is 248 g/mol. The minimum Gasteiger partial charge on any atom is -0.393 e. The molecule has 0 aliphatic carbocycles. The molecule has 0 radical (unpaired) electrons. The predicted octanol–water partition coefficient (Wildman–Crippen LogP) is 1.24. The second-order valence-electron chi connectivity index (χ2n) is 4.99. The minimum absolute atomic E-state index is 0.182. The quantitative estimate of drug-likeness (QED) is 0.872. The molecular weight excluding hydrogens is 228 g/mol. The van der Waals surface area contributed by atoms with Crippen LogP contribution in [0.2, 0.25) is 0 Å². The highest BCUT2D eigenvalue weighted by Gasteiger charge is 2.28. The average Bonchev–Trinajstić information content (AvgIpc) is 2.87. The number of amides is 1. The van der Waals surface area contributed by atoms with E-state index in [-0.39, 0.29) is 17.9 Å². The van der Waals surface area contributed by atoms with E-state index in [2.05, 4.69) is 4.98 Å². The fourth-order valence-electron chi connectivity index (χ4n) is 2.36. The van der Waals surface area contributed by atoms with Crippen LogP contribution in [0.25, 0.3) is 0 Å². The highest BCUT2D eigenvalue weighted by atomic mass is 16.3. The van der Waals surface area contributed by atoms with Gasteiger partial charge in [-0.1, -0.05) is 6.07 Å². The SMILES string of the molecule is CC(O)C1CCN(C(=O)CCc2cccnc2)C1. The Kier molecular flexibility index (Phi) is 4.31. The molecule has 1 saturated heterocycles. The summed E-state index contributed by atoms with van der Waals surface area (Å²) in [6, 6.07) is 3.88. The van der Waals surface area contributed by atoms with Crippen LogP contribution >= 0.6 is 0 Å². The largest absolute Gasteiger partial charge is 0.393 e. The van der Waals surface area contributed by atoms with Crippen LogP contribution in [0, 0.1) is 5.92 Å². The number of rotatable bonds is 4. The van der Waals surface area contributed by atoms with Crippen LogP contribution in [0.4, 0.5) is 0 Å². The summed E-state index contributed by atoms with van der Waals surface area (Å²) in [6.07, 6.45) is 5.40. The van der Waals surface area contributed by atoms with Gasteiger partial charge < -0.3 is 10.0 Å². The number of carbonyl (C=O) groups is 1. The van der Waals surface area contributed by atoms with Gasteiger partial charge in [0.05, 0.1) is 6.10 Å². The predicted molar refractivity (Wildman–Crippen MR) is 68.9 cm³/mol. The molecule has 1 fully saturated rings. The molecule has 1 aromatic rings. The number of aliphatic hydroxyl groups excluding tert-OH is 1. The van der Waals surface area contributed by atoms with Crippen LogP contribution in [-0.2, 0) is 11.2 Å². The van der Waals surface area contributed by atoms with Gasteiger partial charge in [0.2, 0.25) is 5.91 Å². The molecule has 1 aliphatic rings. The van der Waals surface area contributed by atoms with Gasteiger partial charge in [-0.15, -0.1) is 0 Å². The summed E-state index contributed by atoms with van der Waals surface area (Å²) in [6.45, 7) is 3.28. The second kappa shape index (κ2) is 5.96. The van der Waals surface area contributed by atoms with Crippen molar-refractivity contribution >= 4 is 5.91 Å². The van der Waals surface area contributed by atoms with E-state index in [0.29, 0.717) is 13.0 Å². The van der Waals surface area contributed by atoms with E-state index in [1.165, 1.54) is 0 Å². The molecule has 4 heteroatoms. The molecule has 0 saturated carbocycles. The lowest BCUT2D eigenvalue weighted by molar-refractivity contribution is -0.130. The zero-order chi connectivity index (χ0) is 13.0. The summed E-state index contributed by atoms with van der Waals surface area (Å²) >= 11 is 0. The van der Waals surface area contributed by atoms with Crippen LogP contribution in [0.3, 0.4) is 0 Å². The number of hydrogen-bond acceptors (Lipinski definition) is 3. The molecule has 0 bridgehead atoms. The van der Waals surface area contributed by atoms with Crippen molar-refractivity contribution in [2.45, 2.75) is 32.3 Å². The first kappa shape index (κ1) is 13.0. The maximum Gasteiger partial charge on any atom is 0.222 e. The van der Waals surface area contributed by atoms with Gasteiger partial charge in [0, 0.05) is 37.8 Å². The van der Waals surface area contributed by atoms with E-state index >= 15 is 0 Å². The highest BCUT2D eigenvalue weighted by molar-refractivity contribution is 5.76. The number of aromatic nitrogens is 1. The summed E-state index contributed by atoms with van der Waals surface area (Å²) in [5.41, 5.74) is 1.09. The third-order valence-corrected chi connectivity index (χ3v) is 3.61. The van der Waals surface area contributed by atoms with E-state index in [9.17, 15) is 9.90 Å². The second-order valence-corrected chi connectivity index (χ2v) is 4.99. The fourth-order valence-corrected chi connectivity index (χ4v) is 2.36. The van der Waals surface area contributed by atoms with E-state index in [1.807, 2.05) is 17.0 Å². The molecule has 18 heavy (non-hydrogen) atoms. The van der Waals surface area contributed by atoms with Gasteiger partial charge in [-0.25, -0.2) is 0 Å². The maximum absolute atomic E-state index is 12.0. The Labute approximate surface area is 108 Å². The molecule has 1 amide bonds. The van der Waals surface area contributed by atoms with Gasteiger partial charge in [-0.2, -0.15) is 0 Å². The molecule has 1 N–H and O–H groups in total. The number of aliphatic hydroxyl groups is 1. The summed E-state index contributed by atoms with van der Waals surface area (Å²) in [7, 11) is 0. The summed E-state index contributed by atoms with van der Waals surface area (Å²) in [5, 5.41) is 9.51. The number of likely N-dealkylation sites (tertiary alicyclic amines) is 1. The Balaban J connectivity index is 1.79. The van der Waals surface area contributed by atoms with E-state index in [1.54, 1.807) is 19.3 Å². The zero-order valence-electron chi connectivity index (χ0n) is 10.7. The molecule has 2 rings (SSSR count). The first-order valence-corrected chi connectivity index (χ1v) is 6.51. The molecule has 98 valence electrons. The summed E-state index contributed by atoms with van der Waals surface area (Å²) in [5.74, 6) is 0.425. The fraction of sp³-hybridized carbons (Fsp3) is 0.571. The number of hydrogen-bond donors (Lipinski definition) is 1. The molecule has 0 aromatic carbocycles. The zero-order valence-corrected chi connectivity index (χ0v) is 10.7. The van der Waals surface area contributed by atoms with Crippen molar-refractivity contribution in [1.82, 2.24) is 9.88 Å². The van der Waals surface area contributed by atoms with Crippen molar-refractivity contribution in [1.29, 1.82) is 0 Å². The first-order valence-electron chi connectivity index (χ1n) is 6.51. The maximum atomic E-state index is 12.0. The lowest BCUT2D eigenvalue weighted by Gasteiger charge is -2.17. The van der Waals surface area contributed by atoms with Gasteiger partial charge >= 0.3 is 0 Å². The van der Waals surface area contributed by atoms with Crippen LogP contribution in [-0.4, -0.2) is 40.1 Å². The first-order chi connectivity index (χ1) is 8.66. The Bertz CT molecular complexity index is 392. The van der Waals surface area contributed by atoms with Gasteiger partial charge in [0.15, 0.2) is 0 Å². The van der Waals surface area contributed by atoms with Crippen LogP contribution in [0.15, 0.2) is 24.5 Å². The summed E-state index contributed by atoms with van der Waals surface area (Å²) < 4.78 is 0. The molecular formula is C14H20N2O2. The Morgan fingerprint density at radius 2 is 2.50 bits per heavy atom. The van der Waals surface area contributed by atoms with E-state index in [4.69, 9.17) is 0 Å². The summed E-state index contributed by atoms with van der Waals surface area (Å²) in [4.78, 5) is 17.9. The van der Waals surface area contributed by atoms with Crippen molar-refractivity contribution in [2.75, 3.05) is 13.1 Å². The van der Waals surface area contributed by atoms with Gasteiger partial charge in [-0.3, -0.25) is 9.78 Å². The lowest BCUT2D eigenvalue weighted by Crippen LogP contribution is -2.30. The van der Waals surface area contributed by atoms with Crippen molar-refractivity contribution in [3.8, 4) is 0 Å². The molecule has 2 unspecified atom stereocenters. The number of aryl methyl sites for hydroxylation is 1. The molecule has 1 aromatic heterocycles. The molecule has 4 nitrogen and oxygen atoms in total. The Hall–Kier alpha value is -1.42. The average molecular weight is 248 g/mol. The molecule has 1 aliphatic heterocycles. The van der Waals surface area contributed by atoms with Crippen molar-refractivity contribution in [2.24, 2.45) is 5.92 Å². The number of nitrogens with zero attached hydrogens (tertiary/aromatic N) is 2. The van der Waals surface area contributed by atoms with Crippen molar-refractivity contribution in [3.63, 3.8) is 0 Å². The normalized spacial score (nSPS) is 21.0. The molecule has 0 spiro atoms. The van der Waals surface area contributed by atoms with E-state index in [0.717, 1.165) is 24.9 Å². The Morgan fingerprint density at radius 1 is 1.67 bits per heavy atom. The van der Waals surface area contributed by atoms with Crippen LogP contribution in [0.5, 0.6) is 0 Å². The van der Waals surface area contributed by atoms with Crippen molar-refractivity contribution in [3.05, 3.63) is 30.1 Å². The third kappa shape index (κ3) is 3.29. The number of pyridine rings is 1. The van der Waals surface area contributed by atoms with Crippen LogP contribution in [0.1, 0.15) is 25.3 Å². The minimum atomic E-state index is -0.318. The standard InChI is InChI=1S/C14H20N2O2/c1-11(17)13-6-8-16(10-13)14(18)5-4-12-3-2-7-15-9-12/h2-3,7,9,11,13,17H,4-6,8,10H2,1H3. The molecule has 2 atom stereocenters. The van der Waals surface area contributed by atoms with Gasteiger partial charge in [-0.05, 0) is 31.4 Å². The van der Waals surface area contributed by atoms with E-state index < -0.39 is 0 Å². The Morgan fingerprint density at radius 3 is 3.11 bits per heavy atom. The third-order valence-electron chi connectivity index (χ3n) is 3.61.